The summed E-state index contributed by atoms with van der Waals surface area (Å²) in [6, 6.07) is 0. The van der Waals surface area contributed by atoms with Gasteiger partial charge in [-0.2, -0.15) is 0 Å². The lowest BCUT2D eigenvalue weighted by Gasteiger charge is -2.21. The van der Waals surface area contributed by atoms with Crippen LogP contribution in [-0.4, -0.2) is 96.7 Å². The highest BCUT2D eigenvalue weighted by atomic mass is 31.2. The highest BCUT2D eigenvalue weighted by molar-refractivity contribution is 7.47. The summed E-state index contributed by atoms with van der Waals surface area (Å²) in [7, 11) is -9.96. The molecule has 2 unspecified atom stereocenters. The zero-order valence-corrected chi connectivity index (χ0v) is 65.2. The van der Waals surface area contributed by atoms with E-state index in [9.17, 15) is 43.2 Å². The van der Waals surface area contributed by atoms with Crippen LogP contribution in [0.4, 0.5) is 0 Å². The molecule has 0 spiro atoms. The zero-order valence-electron chi connectivity index (χ0n) is 63.4. The fourth-order valence-electron chi connectivity index (χ4n) is 10.7. The molecule has 0 aromatic rings. The van der Waals surface area contributed by atoms with Crippen LogP contribution >= 0.6 is 15.6 Å². The van der Waals surface area contributed by atoms with Gasteiger partial charge in [0, 0.05) is 25.7 Å². The zero-order chi connectivity index (χ0) is 73.2. The Morgan fingerprint density at radius 3 is 0.840 bits per heavy atom. The molecule has 0 aromatic carbocycles. The summed E-state index contributed by atoms with van der Waals surface area (Å²) in [5, 5.41) is 10.6. The van der Waals surface area contributed by atoms with Crippen molar-refractivity contribution in [3.05, 3.63) is 85.1 Å². The SMILES string of the molecule is CCCCC/C=C\C/C=C\CCCCCCCC(=O)O[C@H](COC(=O)CCCCCCC/C=C\C=C/CCCCCC)COP(=O)(O)OC[C@H](O)COP(=O)(O)OC[C@@H](COC(=O)CCCCCCC/C=C\CCCCCCCC)OC(=O)CCCCCCC/C=C\C=C/CCCCCC. The number of allylic oxidation sites excluding steroid dienone is 14. The Hall–Kier alpha value is -3.76. The van der Waals surface area contributed by atoms with Gasteiger partial charge in [-0.25, -0.2) is 9.13 Å². The van der Waals surface area contributed by atoms with Crippen molar-refractivity contribution in [2.75, 3.05) is 39.6 Å². The number of hydrogen-bond donors (Lipinski definition) is 3. The largest absolute Gasteiger partial charge is 0.472 e. The van der Waals surface area contributed by atoms with Crippen LogP contribution in [0.5, 0.6) is 0 Å². The normalized spacial score (nSPS) is 14.3. The molecule has 0 rings (SSSR count). The second kappa shape index (κ2) is 73.5. The maximum atomic E-state index is 13.1. The minimum absolute atomic E-state index is 0.0763. The van der Waals surface area contributed by atoms with Gasteiger partial charge in [0.25, 0.3) is 0 Å². The topological polar surface area (TPSA) is 237 Å². The number of ether oxygens (including phenoxy) is 4. The molecule has 0 aliphatic heterocycles. The molecule has 0 saturated carbocycles. The number of carbonyl (C=O) groups is 4. The Kier molecular flexibility index (Phi) is 70.8. The number of esters is 4. The van der Waals surface area contributed by atoms with Crippen molar-refractivity contribution in [1.29, 1.82) is 0 Å². The van der Waals surface area contributed by atoms with Crippen molar-refractivity contribution >= 4 is 39.5 Å². The van der Waals surface area contributed by atoms with Crippen LogP contribution in [0.2, 0.25) is 0 Å². The lowest BCUT2D eigenvalue weighted by molar-refractivity contribution is -0.161. The van der Waals surface area contributed by atoms with Crippen molar-refractivity contribution < 1.29 is 80.2 Å². The molecule has 19 heteroatoms. The molecule has 17 nitrogen and oxygen atoms in total. The average molecular weight is 1450 g/mol. The van der Waals surface area contributed by atoms with Gasteiger partial charge in [-0.05, 0) is 135 Å². The fraction of sp³-hybridized carbons (Fsp3) is 0.778. The Bertz CT molecular complexity index is 2230. The summed E-state index contributed by atoms with van der Waals surface area (Å²) in [6.45, 7) is 4.78. The quantitative estimate of drug-likeness (QED) is 0.0128. The highest BCUT2D eigenvalue weighted by Gasteiger charge is 2.30. The maximum absolute atomic E-state index is 13.1. The summed E-state index contributed by atoms with van der Waals surface area (Å²) in [4.78, 5) is 73.0. The van der Waals surface area contributed by atoms with Crippen LogP contribution in [0.3, 0.4) is 0 Å². The molecule has 0 fully saturated rings. The first kappa shape index (κ1) is 96.2. The molecular formula is C81H144O17P2. The first-order chi connectivity index (χ1) is 48.7. The Balaban J connectivity index is 5.39. The van der Waals surface area contributed by atoms with Crippen LogP contribution in [0, 0.1) is 0 Å². The van der Waals surface area contributed by atoms with Crippen LogP contribution in [0.25, 0.3) is 0 Å². The molecule has 0 aliphatic carbocycles. The van der Waals surface area contributed by atoms with E-state index in [-0.39, 0.29) is 25.7 Å². The molecule has 100 heavy (non-hydrogen) atoms. The number of carbonyl (C=O) groups excluding carboxylic acids is 4. The summed E-state index contributed by atoms with van der Waals surface area (Å²) in [5.74, 6) is -2.21. The van der Waals surface area contributed by atoms with Gasteiger partial charge < -0.3 is 33.8 Å². The number of rotatable bonds is 75. The molecule has 0 saturated heterocycles. The lowest BCUT2D eigenvalue weighted by atomic mass is 10.1. The van der Waals surface area contributed by atoms with Gasteiger partial charge in [-0.3, -0.25) is 37.3 Å². The third-order valence-corrected chi connectivity index (χ3v) is 18.8. The van der Waals surface area contributed by atoms with E-state index in [0.717, 1.165) is 161 Å². The second-order valence-corrected chi connectivity index (χ2v) is 29.6. The first-order valence-corrected chi connectivity index (χ1v) is 42.9. The molecular weight excluding hydrogens is 1310 g/mol. The third-order valence-electron chi connectivity index (χ3n) is 16.9. The van der Waals surface area contributed by atoms with Gasteiger partial charge >= 0.3 is 39.5 Å². The van der Waals surface area contributed by atoms with Gasteiger partial charge in [0.15, 0.2) is 12.2 Å². The maximum Gasteiger partial charge on any atom is 0.472 e. The molecule has 3 N–H and O–H groups in total. The summed E-state index contributed by atoms with van der Waals surface area (Å²) < 4.78 is 68.6. The van der Waals surface area contributed by atoms with Gasteiger partial charge in [0.05, 0.1) is 26.4 Å². The third kappa shape index (κ3) is 72.6. The average Bonchev–Trinajstić information content (AvgIpc) is 1.25. The number of phosphoric ester groups is 2. The minimum atomic E-state index is -4.98. The van der Waals surface area contributed by atoms with Crippen molar-refractivity contribution in [3.63, 3.8) is 0 Å². The monoisotopic (exact) mass is 1450 g/mol. The molecule has 580 valence electrons. The van der Waals surface area contributed by atoms with Crippen molar-refractivity contribution in [1.82, 2.24) is 0 Å². The Morgan fingerprint density at radius 2 is 0.520 bits per heavy atom. The lowest BCUT2D eigenvalue weighted by Crippen LogP contribution is -2.30. The number of aliphatic hydroxyl groups is 1. The van der Waals surface area contributed by atoms with Crippen molar-refractivity contribution in [2.24, 2.45) is 0 Å². The summed E-state index contributed by atoms with van der Waals surface area (Å²) >= 11 is 0. The van der Waals surface area contributed by atoms with Crippen molar-refractivity contribution in [3.8, 4) is 0 Å². The predicted molar refractivity (Wildman–Crippen MR) is 409 cm³/mol. The van der Waals surface area contributed by atoms with E-state index in [1.54, 1.807) is 0 Å². The van der Waals surface area contributed by atoms with Crippen LogP contribution < -0.4 is 0 Å². The molecule has 0 bridgehead atoms. The molecule has 0 radical (unpaired) electrons. The fourth-order valence-corrected chi connectivity index (χ4v) is 12.3. The molecule has 0 heterocycles. The van der Waals surface area contributed by atoms with Gasteiger partial charge in [-0.15, -0.1) is 0 Å². The standard InChI is InChI=1S/C81H144O17P2/c1-5-9-13-17-21-25-29-33-37-41-45-49-53-57-61-65-78(83)91-71-76(97-80(85)67-63-59-55-51-47-43-39-35-31-27-23-19-15-11-7-3)73-95-99(87,88)93-69-75(82)70-94-100(89,90)96-74-77(98-81(86)68-64-60-56-52-48-44-40-36-32-28-24-20-16-12-8-4)72-92-79(84)66-62-58-54-50-46-42-38-34-30-26-22-18-14-10-6-2/h23,25,27-29,32-40,75-77,82H,5-22,24,26,30-31,41-74H2,1-4H3,(H,87,88)(H,89,90)/b27-23-,29-25-,32-28-,37-33-,38-34-,39-35-,40-36-/t75-,76+,77+/m0/s1. The van der Waals surface area contributed by atoms with E-state index >= 15 is 0 Å². The summed E-state index contributed by atoms with van der Waals surface area (Å²) in [6.07, 6.45) is 75.5. The highest BCUT2D eigenvalue weighted by Crippen LogP contribution is 2.45. The van der Waals surface area contributed by atoms with E-state index in [1.165, 1.54) is 109 Å². The van der Waals surface area contributed by atoms with Crippen LogP contribution in [-0.2, 0) is 65.4 Å². The number of phosphoric acid groups is 2. The minimum Gasteiger partial charge on any atom is -0.462 e. The van der Waals surface area contributed by atoms with Crippen LogP contribution in [0.1, 0.15) is 349 Å². The van der Waals surface area contributed by atoms with E-state index in [2.05, 4.69) is 113 Å². The molecule has 5 atom stereocenters. The smallest absolute Gasteiger partial charge is 0.462 e. The summed E-state index contributed by atoms with van der Waals surface area (Å²) in [5.41, 5.74) is 0. The number of aliphatic hydroxyl groups excluding tert-OH is 1. The van der Waals surface area contributed by atoms with E-state index in [1.807, 2.05) is 0 Å². The van der Waals surface area contributed by atoms with Crippen LogP contribution in [0.15, 0.2) is 85.1 Å². The van der Waals surface area contributed by atoms with Gasteiger partial charge in [-0.1, -0.05) is 273 Å². The predicted octanol–water partition coefficient (Wildman–Crippen LogP) is 23.0. The van der Waals surface area contributed by atoms with E-state index in [0.29, 0.717) is 25.7 Å². The van der Waals surface area contributed by atoms with E-state index < -0.39 is 97.5 Å². The molecule has 0 aliphatic rings. The van der Waals surface area contributed by atoms with Crippen molar-refractivity contribution in [2.45, 2.75) is 367 Å². The van der Waals surface area contributed by atoms with Gasteiger partial charge in [0.2, 0.25) is 0 Å². The second-order valence-electron chi connectivity index (χ2n) is 26.7. The number of unbranched alkanes of at least 4 members (excludes halogenated alkanes) is 37. The van der Waals surface area contributed by atoms with E-state index in [4.69, 9.17) is 37.0 Å². The van der Waals surface area contributed by atoms with Gasteiger partial charge in [0.1, 0.15) is 19.3 Å². The molecule has 0 amide bonds. The Morgan fingerprint density at radius 1 is 0.290 bits per heavy atom. The first-order valence-electron chi connectivity index (χ1n) is 39.9. The Labute approximate surface area is 608 Å². The molecule has 0 aromatic heterocycles. The number of hydrogen-bond acceptors (Lipinski definition) is 15.